The van der Waals surface area contributed by atoms with Crippen molar-refractivity contribution in [2.75, 3.05) is 30.8 Å². The van der Waals surface area contributed by atoms with Gasteiger partial charge in [0.05, 0.1) is 19.1 Å². The number of anilines is 1. The van der Waals surface area contributed by atoms with Crippen molar-refractivity contribution in [1.29, 1.82) is 0 Å². The monoisotopic (exact) mass is 531 g/mol. The molecule has 9 heteroatoms. The van der Waals surface area contributed by atoms with Crippen molar-refractivity contribution < 1.29 is 22.7 Å². The highest BCUT2D eigenvalue weighted by atomic mass is 32.2. The van der Waals surface area contributed by atoms with Gasteiger partial charge in [0.1, 0.15) is 11.8 Å². The number of nitrogens with zero attached hydrogens (tertiary/aromatic N) is 2. The summed E-state index contributed by atoms with van der Waals surface area (Å²) in [6, 6.07) is 12.2. The SMILES string of the molecule is CCCCNC(=O)[C@H](C)N(Cc1ccc(OC)cc1)C(=O)CCCN(c1ccc(C)c(C)c1)S(C)(=O)=O. The number of carbonyl (C=O) groups excluding carboxylic acids is 2. The number of benzene rings is 2. The van der Waals surface area contributed by atoms with Crippen molar-refractivity contribution in [1.82, 2.24) is 10.2 Å². The van der Waals surface area contributed by atoms with Crippen molar-refractivity contribution in [3.8, 4) is 5.75 Å². The van der Waals surface area contributed by atoms with Crippen molar-refractivity contribution in [2.45, 2.75) is 66.0 Å². The maximum absolute atomic E-state index is 13.4. The Morgan fingerprint density at radius 1 is 1.03 bits per heavy atom. The van der Waals surface area contributed by atoms with Gasteiger partial charge in [-0.2, -0.15) is 0 Å². The summed E-state index contributed by atoms with van der Waals surface area (Å²) in [5.41, 5.74) is 3.52. The van der Waals surface area contributed by atoms with Gasteiger partial charge in [0.15, 0.2) is 0 Å². The molecular weight excluding hydrogens is 490 g/mol. The average molecular weight is 532 g/mol. The molecule has 0 spiro atoms. The van der Waals surface area contributed by atoms with E-state index in [1.807, 2.05) is 57.2 Å². The van der Waals surface area contributed by atoms with Crippen LogP contribution >= 0.6 is 0 Å². The van der Waals surface area contributed by atoms with Gasteiger partial charge in [-0.15, -0.1) is 0 Å². The molecular formula is C28H41N3O5S. The highest BCUT2D eigenvalue weighted by Crippen LogP contribution is 2.22. The Bertz CT molecular complexity index is 1150. The molecule has 0 aliphatic heterocycles. The number of hydrogen-bond donors (Lipinski definition) is 1. The maximum Gasteiger partial charge on any atom is 0.242 e. The van der Waals surface area contributed by atoms with Crippen LogP contribution in [0.5, 0.6) is 5.75 Å². The van der Waals surface area contributed by atoms with E-state index in [-0.39, 0.29) is 31.3 Å². The first-order valence-corrected chi connectivity index (χ1v) is 14.6. The number of rotatable bonds is 14. The lowest BCUT2D eigenvalue weighted by atomic mass is 10.1. The molecule has 8 nitrogen and oxygen atoms in total. The smallest absolute Gasteiger partial charge is 0.242 e. The lowest BCUT2D eigenvalue weighted by molar-refractivity contribution is -0.140. The van der Waals surface area contributed by atoms with E-state index in [1.165, 1.54) is 10.6 Å². The minimum atomic E-state index is -3.53. The summed E-state index contributed by atoms with van der Waals surface area (Å²) in [6.07, 6.45) is 3.43. The molecule has 1 N–H and O–H groups in total. The highest BCUT2D eigenvalue weighted by molar-refractivity contribution is 7.92. The molecule has 0 fully saturated rings. The molecule has 0 saturated heterocycles. The van der Waals surface area contributed by atoms with Gasteiger partial charge in [-0.25, -0.2) is 8.42 Å². The second-order valence-corrected chi connectivity index (χ2v) is 11.3. The molecule has 0 aliphatic carbocycles. The maximum atomic E-state index is 13.4. The zero-order chi connectivity index (χ0) is 27.6. The van der Waals surface area contributed by atoms with Gasteiger partial charge >= 0.3 is 0 Å². The minimum absolute atomic E-state index is 0.111. The predicted octanol–water partition coefficient (Wildman–Crippen LogP) is 4.19. The van der Waals surface area contributed by atoms with E-state index in [2.05, 4.69) is 5.32 Å². The number of ether oxygens (including phenoxy) is 1. The normalized spacial score (nSPS) is 12.1. The highest BCUT2D eigenvalue weighted by Gasteiger charge is 2.26. The summed E-state index contributed by atoms with van der Waals surface area (Å²) in [7, 11) is -1.94. The van der Waals surface area contributed by atoms with Crippen LogP contribution < -0.4 is 14.4 Å². The molecule has 37 heavy (non-hydrogen) atoms. The zero-order valence-electron chi connectivity index (χ0n) is 22.9. The quantitative estimate of drug-likeness (QED) is 0.369. The molecule has 2 aromatic rings. The van der Waals surface area contributed by atoms with Gasteiger partial charge in [0, 0.05) is 26.1 Å². The van der Waals surface area contributed by atoms with E-state index in [9.17, 15) is 18.0 Å². The van der Waals surface area contributed by atoms with Gasteiger partial charge < -0.3 is 15.0 Å². The first-order valence-electron chi connectivity index (χ1n) is 12.7. The lowest BCUT2D eigenvalue weighted by Gasteiger charge is -2.29. The number of carbonyl (C=O) groups is 2. The van der Waals surface area contributed by atoms with Crippen LogP contribution in [0, 0.1) is 13.8 Å². The Balaban J connectivity index is 2.16. The zero-order valence-corrected chi connectivity index (χ0v) is 23.7. The molecule has 0 saturated carbocycles. The van der Waals surface area contributed by atoms with Crippen molar-refractivity contribution in [3.05, 3.63) is 59.2 Å². The van der Waals surface area contributed by atoms with Crippen LogP contribution in [0.2, 0.25) is 0 Å². The number of nitrogens with one attached hydrogen (secondary N) is 1. The van der Waals surface area contributed by atoms with Crippen LogP contribution in [0.4, 0.5) is 5.69 Å². The molecule has 0 aromatic heterocycles. The van der Waals surface area contributed by atoms with Crippen molar-refractivity contribution >= 4 is 27.5 Å². The minimum Gasteiger partial charge on any atom is -0.497 e. The average Bonchev–Trinajstić information content (AvgIpc) is 2.86. The molecule has 2 rings (SSSR count). The number of sulfonamides is 1. The number of unbranched alkanes of at least 4 members (excludes halogenated alkanes) is 1. The molecule has 0 heterocycles. The van der Waals surface area contributed by atoms with E-state index < -0.39 is 16.1 Å². The summed E-state index contributed by atoms with van der Waals surface area (Å²) in [5.74, 6) is 0.296. The first kappa shape index (κ1) is 30.2. The molecule has 1 atom stereocenters. The van der Waals surface area contributed by atoms with E-state index in [1.54, 1.807) is 25.0 Å². The molecule has 0 unspecified atom stereocenters. The van der Waals surface area contributed by atoms with Crippen LogP contribution in [0.25, 0.3) is 0 Å². The fourth-order valence-electron chi connectivity index (χ4n) is 3.93. The predicted molar refractivity (Wildman–Crippen MR) is 148 cm³/mol. The molecule has 0 radical (unpaired) electrons. The van der Waals surface area contributed by atoms with Gasteiger partial charge in [-0.05, 0) is 74.6 Å². The summed E-state index contributed by atoms with van der Waals surface area (Å²) in [5, 5.41) is 2.91. The largest absolute Gasteiger partial charge is 0.497 e. The van der Waals surface area contributed by atoms with Gasteiger partial charge in [0.25, 0.3) is 0 Å². The van der Waals surface area contributed by atoms with Crippen molar-refractivity contribution in [3.63, 3.8) is 0 Å². The summed E-state index contributed by atoms with van der Waals surface area (Å²) in [4.78, 5) is 27.7. The van der Waals surface area contributed by atoms with Crippen LogP contribution in [-0.2, 0) is 26.2 Å². The van der Waals surface area contributed by atoms with Crippen molar-refractivity contribution in [2.24, 2.45) is 0 Å². The third-order valence-electron chi connectivity index (χ3n) is 6.44. The second-order valence-electron chi connectivity index (χ2n) is 9.40. The van der Waals surface area contributed by atoms with E-state index in [0.717, 1.165) is 29.5 Å². The number of methoxy groups -OCH3 is 1. The third-order valence-corrected chi connectivity index (χ3v) is 7.63. The first-order chi connectivity index (χ1) is 17.5. The second kappa shape index (κ2) is 14.0. The molecule has 204 valence electrons. The topological polar surface area (TPSA) is 96.0 Å². The Morgan fingerprint density at radius 3 is 2.27 bits per heavy atom. The van der Waals surface area contributed by atoms with Crippen LogP contribution in [0.3, 0.4) is 0 Å². The lowest BCUT2D eigenvalue weighted by Crippen LogP contribution is -2.47. The molecule has 2 aromatic carbocycles. The third kappa shape index (κ3) is 9.07. The van der Waals surface area contributed by atoms with E-state index in [4.69, 9.17) is 4.74 Å². The number of amides is 2. The van der Waals surface area contributed by atoms with Gasteiger partial charge in [-0.1, -0.05) is 31.5 Å². The van der Waals surface area contributed by atoms with Crippen LogP contribution in [0.1, 0.15) is 56.2 Å². The fourth-order valence-corrected chi connectivity index (χ4v) is 4.89. The van der Waals surface area contributed by atoms with Gasteiger partial charge in [0.2, 0.25) is 21.8 Å². The molecule has 2 amide bonds. The Hall–Kier alpha value is -3.07. The Morgan fingerprint density at radius 2 is 1.70 bits per heavy atom. The standard InChI is InChI=1S/C28H41N3O5S/c1-7-8-17-29-28(33)23(4)30(20-24-12-15-26(36-5)16-13-24)27(32)10-9-18-31(37(6,34)35)25-14-11-21(2)22(3)19-25/h11-16,19,23H,7-10,17-18,20H2,1-6H3,(H,29,33)/t23-/m0/s1. The summed E-state index contributed by atoms with van der Waals surface area (Å²) >= 11 is 0. The van der Waals surface area contributed by atoms with E-state index in [0.29, 0.717) is 24.4 Å². The fraction of sp³-hybridized carbons (Fsp3) is 0.500. The molecule has 0 bridgehead atoms. The molecule has 0 aliphatic rings. The number of aryl methyl sites for hydroxylation is 2. The summed E-state index contributed by atoms with van der Waals surface area (Å²) < 4.78 is 31.6. The van der Waals surface area contributed by atoms with Gasteiger partial charge in [-0.3, -0.25) is 13.9 Å². The Kier molecular flexibility index (Phi) is 11.4. The van der Waals surface area contributed by atoms with Crippen LogP contribution in [-0.4, -0.2) is 57.6 Å². The van der Waals surface area contributed by atoms with Crippen LogP contribution in [0.15, 0.2) is 42.5 Å². The van der Waals surface area contributed by atoms with E-state index >= 15 is 0 Å². The number of hydrogen-bond acceptors (Lipinski definition) is 5. The summed E-state index contributed by atoms with van der Waals surface area (Å²) in [6.45, 7) is 8.67. The Labute approximate surface area is 222 Å².